The molecule has 0 unspecified atom stereocenters. The predicted octanol–water partition coefficient (Wildman–Crippen LogP) is 4.32. The topological polar surface area (TPSA) is 77.1 Å². The minimum atomic E-state index is -0.603. The lowest BCUT2D eigenvalue weighted by atomic mass is 9.98. The fourth-order valence-electron chi connectivity index (χ4n) is 3.36. The second-order valence-electron chi connectivity index (χ2n) is 8.06. The van der Waals surface area contributed by atoms with Crippen molar-refractivity contribution in [2.24, 2.45) is 0 Å². The molecule has 0 aliphatic heterocycles. The SMILES string of the molecule is CN(OCCNC(=O)OCC1c2ccccc2-c2ccccc21)C(=O)OC(C)(C)C. The number of nitrogens with one attached hydrogen (secondary N) is 1. The lowest BCUT2D eigenvalue weighted by Gasteiger charge is -2.24. The smallest absolute Gasteiger partial charge is 0.434 e. The highest BCUT2D eigenvalue weighted by molar-refractivity contribution is 5.79. The van der Waals surface area contributed by atoms with E-state index in [9.17, 15) is 9.59 Å². The van der Waals surface area contributed by atoms with Crippen LogP contribution in [0.3, 0.4) is 0 Å². The minimum absolute atomic E-state index is 0.0118. The van der Waals surface area contributed by atoms with E-state index in [0.29, 0.717) is 0 Å². The first-order valence-corrected chi connectivity index (χ1v) is 9.95. The summed E-state index contributed by atoms with van der Waals surface area (Å²) < 4.78 is 10.6. The molecule has 1 aliphatic carbocycles. The average molecular weight is 412 g/mol. The van der Waals surface area contributed by atoms with Crippen LogP contribution >= 0.6 is 0 Å². The Labute approximate surface area is 176 Å². The van der Waals surface area contributed by atoms with Crippen molar-refractivity contribution in [2.75, 3.05) is 26.8 Å². The van der Waals surface area contributed by atoms with Crippen LogP contribution in [0.15, 0.2) is 48.5 Å². The second-order valence-corrected chi connectivity index (χ2v) is 8.06. The number of amides is 2. The Morgan fingerprint density at radius 3 is 2.13 bits per heavy atom. The Morgan fingerprint density at radius 1 is 1.00 bits per heavy atom. The molecule has 0 radical (unpaired) electrons. The van der Waals surface area contributed by atoms with Crippen LogP contribution in [0, 0.1) is 0 Å². The van der Waals surface area contributed by atoms with Crippen LogP contribution < -0.4 is 5.32 Å². The zero-order chi connectivity index (χ0) is 21.7. The number of hydrogen-bond donors (Lipinski definition) is 1. The van der Waals surface area contributed by atoms with Gasteiger partial charge in [-0.1, -0.05) is 48.5 Å². The molecule has 0 heterocycles. The minimum Gasteiger partial charge on any atom is -0.449 e. The molecule has 7 nitrogen and oxygen atoms in total. The van der Waals surface area contributed by atoms with Crippen LogP contribution in [0.5, 0.6) is 0 Å². The fourth-order valence-corrected chi connectivity index (χ4v) is 3.36. The van der Waals surface area contributed by atoms with Crippen molar-refractivity contribution in [1.82, 2.24) is 10.4 Å². The summed E-state index contributed by atoms with van der Waals surface area (Å²) in [6, 6.07) is 16.3. The molecule has 1 aliphatic rings. The Kier molecular flexibility index (Phi) is 6.62. The molecule has 0 atom stereocenters. The van der Waals surface area contributed by atoms with Gasteiger partial charge >= 0.3 is 12.2 Å². The van der Waals surface area contributed by atoms with Gasteiger partial charge < -0.3 is 14.8 Å². The third-order valence-electron chi connectivity index (χ3n) is 4.65. The number of carbonyl (C=O) groups excluding carboxylic acids is 2. The van der Waals surface area contributed by atoms with E-state index in [1.165, 1.54) is 18.2 Å². The molecule has 3 rings (SSSR count). The average Bonchev–Trinajstić information content (AvgIpc) is 3.02. The van der Waals surface area contributed by atoms with Crippen LogP contribution in [0.4, 0.5) is 9.59 Å². The van der Waals surface area contributed by atoms with E-state index >= 15 is 0 Å². The zero-order valence-corrected chi connectivity index (χ0v) is 17.8. The van der Waals surface area contributed by atoms with Gasteiger partial charge in [-0.25, -0.2) is 9.59 Å². The number of hydroxylamine groups is 2. The number of hydrogen-bond acceptors (Lipinski definition) is 5. The van der Waals surface area contributed by atoms with Gasteiger partial charge in [-0.05, 0) is 43.0 Å². The highest BCUT2D eigenvalue weighted by Crippen LogP contribution is 2.44. The first-order chi connectivity index (χ1) is 14.3. The standard InChI is InChI=1S/C23H28N2O5/c1-23(2,3)30-22(27)25(4)29-14-13-24-21(26)28-15-20-18-11-7-5-9-16(18)17-10-6-8-12-19(17)20/h5-12,20H,13-15H2,1-4H3,(H,24,26). The number of rotatable bonds is 6. The maximum Gasteiger partial charge on any atom is 0.434 e. The van der Waals surface area contributed by atoms with Gasteiger partial charge in [-0.2, -0.15) is 5.06 Å². The van der Waals surface area contributed by atoms with Crippen molar-refractivity contribution < 1.29 is 23.9 Å². The quantitative estimate of drug-likeness (QED) is 0.565. The fraction of sp³-hybridized carbons (Fsp3) is 0.391. The summed E-state index contributed by atoms with van der Waals surface area (Å²) in [6.45, 7) is 5.88. The second kappa shape index (κ2) is 9.17. The van der Waals surface area contributed by atoms with Crippen LogP contribution in [-0.4, -0.2) is 49.7 Å². The molecule has 160 valence electrons. The van der Waals surface area contributed by atoms with Gasteiger partial charge in [-0.3, -0.25) is 4.84 Å². The van der Waals surface area contributed by atoms with Crippen molar-refractivity contribution in [2.45, 2.75) is 32.3 Å². The molecule has 30 heavy (non-hydrogen) atoms. The van der Waals surface area contributed by atoms with Gasteiger partial charge in [-0.15, -0.1) is 0 Å². The number of fused-ring (bicyclic) bond motifs is 3. The van der Waals surface area contributed by atoms with Crippen LogP contribution in [0.1, 0.15) is 37.8 Å². The molecule has 2 amide bonds. The number of benzene rings is 2. The van der Waals surface area contributed by atoms with E-state index in [0.717, 1.165) is 16.2 Å². The molecule has 1 N–H and O–H groups in total. The lowest BCUT2D eigenvalue weighted by molar-refractivity contribution is -0.129. The molecular formula is C23H28N2O5. The van der Waals surface area contributed by atoms with Crippen molar-refractivity contribution in [3.8, 4) is 11.1 Å². The maximum absolute atomic E-state index is 12.1. The van der Waals surface area contributed by atoms with E-state index in [1.807, 2.05) is 24.3 Å². The molecule has 2 aromatic rings. The number of nitrogens with zero attached hydrogens (tertiary/aromatic N) is 1. The summed E-state index contributed by atoms with van der Waals surface area (Å²) in [6.07, 6.45) is -1.12. The Morgan fingerprint density at radius 2 is 1.57 bits per heavy atom. The first-order valence-electron chi connectivity index (χ1n) is 9.95. The Bertz CT molecular complexity index is 861. The van der Waals surface area contributed by atoms with Gasteiger partial charge in [0, 0.05) is 19.5 Å². The molecular weight excluding hydrogens is 384 g/mol. The zero-order valence-electron chi connectivity index (χ0n) is 17.8. The first kappa shape index (κ1) is 21.6. The third kappa shape index (κ3) is 5.30. The summed E-state index contributed by atoms with van der Waals surface area (Å²) in [5, 5.41) is 3.64. The van der Waals surface area contributed by atoms with Crippen molar-refractivity contribution in [3.63, 3.8) is 0 Å². The van der Waals surface area contributed by atoms with Crippen molar-refractivity contribution in [1.29, 1.82) is 0 Å². The van der Waals surface area contributed by atoms with E-state index in [-0.39, 0.29) is 25.7 Å². The molecule has 0 aromatic heterocycles. The van der Waals surface area contributed by atoms with Crippen LogP contribution in [0.25, 0.3) is 11.1 Å². The summed E-state index contributed by atoms with van der Waals surface area (Å²) >= 11 is 0. The molecule has 0 bridgehead atoms. The molecule has 0 saturated heterocycles. The van der Waals surface area contributed by atoms with E-state index < -0.39 is 17.8 Å². The van der Waals surface area contributed by atoms with Crippen molar-refractivity contribution in [3.05, 3.63) is 59.7 Å². The summed E-state index contributed by atoms with van der Waals surface area (Å²) in [5.74, 6) is 0.0118. The highest BCUT2D eigenvalue weighted by Gasteiger charge is 2.29. The van der Waals surface area contributed by atoms with E-state index in [2.05, 4.69) is 29.6 Å². The van der Waals surface area contributed by atoms with E-state index in [4.69, 9.17) is 14.3 Å². The molecule has 0 fully saturated rings. The van der Waals surface area contributed by atoms with Gasteiger partial charge in [0.25, 0.3) is 0 Å². The highest BCUT2D eigenvalue weighted by atomic mass is 16.7. The molecule has 0 spiro atoms. The summed E-state index contributed by atoms with van der Waals surface area (Å²) in [4.78, 5) is 29.2. The predicted molar refractivity (Wildman–Crippen MR) is 113 cm³/mol. The van der Waals surface area contributed by atoms with Gasteiger partial charge in [0.05, 0.1) is 6.61 Å². The molecule has 7 heteroatoms. The van der Waals surface area contributed by atoms with Crippen LogP contribution in [-0.2, 0) is 14.3 Å². The normalized spacial score (nSPS) is 12.7. The number of ether oxygens (including phenoxy) is 2. The molecule has 2 aromatic carbocycles. The monoisotopic (exact) mass is 412 g/mol. The number of carbonyl (C=O) groups is 2. The summed E-state index contributed by atoms with van der Waals surface area (Å²) in [7, 11) is 1.46. The lowest BCUT2D eigenvalue weighted by Crippen LogP contribution is -2.36. The summed E-state index contributed by atoms with van der Waals surface area (Å²) in [5.41, 5.74) is 4.08. The van der Waals surface area contributed by atoms with E-state index in [1.54, 1.807) is 20.8 Å². The maximum atomic E-state index is 12.1. The van der Waals surface area contributed by atoms with Crippen LogP contribution in [0.2, 0.25) is 0 Å². The Hall–Kier alpha value is -3.06. The Balaban J connectivity index is 1.44. The third-order valence-corrected chi connectivity index (χ3v) is 4.65. The molecule has 0 saturated carbocycles. The number of alkyl carbamates (subject to hydrolysis) is 1. The van der Waals surface area contributed by atoms with Gasteiger partial charge in [0.1, 0.15) is 12.2 Å². The largest absolute Gasteiger partial charge is 0.449 e. The van der Waals surface area contributed by atoms with Gasteiger partial charge in [0.15, 0.2) is 0 Å². The van der Waals surface area contributed by atoms with Crippen molar-refractivity contribution >= 4 is 12.2 Å². The van der Waals surface area contributed by atoms with Gasteiger partial charge in [0.2, 0.25) is 0 Å².